The van der Waals surface area contributed by atoms with Crippen molar-refractivity contribution < 1.29 is 0 Å². The van der Waals surface area contributed by atoms with E-state index in [-0.39, 0.29) is 0 Å². The standard InChI is InChI=1S/C13H18BrN/c1-10-5-6-13(14)8-12(10)9-15-7-3-4-11(15)2/h5-6,8,11H,3-4,7,9H2,1-2H3/t11-/m1/s1. The Bertz CT molecular complexity index is 348. The van der Waals surface area contributed by atoms with Gasteiger partial charge in [0, 0.05) is 17.1 Å². The fourth-order valence-electron chi connectivity index (χ4n) is 2.26. The van der Waals surface area contributed by atoms with E-state index < -0.39 is 0 Å². The summed E-state index contributed by atoms with van der Waals surface area (Å²) in [6.07, 6.45) is 2.71. The maximum Gasteiger partial charge on any atom is 0.0239 e. The summed E-state index contributed by atoms with van der Waals surface area (Å²) in [5.41, 5.74) is 2.86. The topological polar surface area (TPSA) is 3.24 Å². The Balaban J connectivity index is 2.12. The van der Waals surface area contributed by atoms with Crippen LogP contribution >= 0.6 is 15.9 Å². The van der Waals surface area contributed by atoms with Gasteiger partial charge < -0.3 is 0 Å². The summed E-state index contributed by atoms with van der Waals surface area (Å²) in [6, 6.07) is 7.32. The third-order valence-corrected chi connectivity index (χ3v) is 3.87. The summed E-state index contributed by atoms with van der Waals surface area (Å²) in [6.45, 7) is 6.89. The molecule has 1 heterocycles. The molecule has 1 aromatic carbocycles. The smallest absolute Gasteiger partial charge is 0.0239 e. The molecule has 1 aliphatic heterocycles. The first kappa shape index (κ1) is 11.2. The lowest BCUT2D eigenvalue weighted by Crippen LogP contribution is -2.26. The average Bonchev–Trinajstić information content (AvgIpc) is 2.58. The average molecular weight is 268 g/mol. The van der Waals surface area contributed by atoms with Crippen LogP contribution in [0.2, 0.25) is 0 Å². The SMILES string of the molecule is Cc1ccc(Br)cc1CN1CCC[C@H]1C. The van der Waals surface area contributed by atoms with Crippen molar-refractivity contribution in [3.05, 3.63) is 33.8 Å². The third-order valence-electron chi connectivity index (χ3n) is 3.38. The highest BCUT2D eigenvalue weighted by Gasteiger charge is 2.20. The molecule has 0 spiro atoms. The summed E-state index contributed by atoms with van der Waals surface area (Å²) in [5.74, 6) is 0. The third kappa shape index (κ3) is 2.61. The van der Waals surface area contributed by atoms with Crippen LogP contribution in [0.1, 0.15) is 30.9 Å². The van der Waals surface area contributed by atoms with E-state index in [1.807, 2.05) is 0 Å². The second-order valence-corrected chi connectivity index (χ2v) is 5.45. The maximum atomic E-state index is 3.54. The number of hydrogen-bond acceptors (Lipinski definition) is 1. The molecule has 1 fully saturated rings. The highest BCUT2D eigenvalue weighted by molar-refractivity contribution is 9.10. The molecular formula is C13H18BrN. The Morgan fingerprint density at radius 1 is 1.47 bits per heavy atom. The normalized spacial score (nSPS) is 22.2. The minimum absolute atomic E-state index is 0.753. The van der Waals surface area contributed by atoms with E-state index in [2.05, 4.69) is 52.9 Å². The number of aryl methyl sites for hydroxylation is 1. The Morgan fingerprint density at radius 2 is 2.27 bits per heavy atom. The number of hydrogen-bond donors (Lipinski definition) is 0. The van der Waals surface area contributed by atoms with E-state index in [0.29, 0.717) is 0 Å². The first-order valence-electron chi connectivity index (χ1n) is 5.66. The van der Waals surface area contributed by atoms with Crippen LogP contribution in [0.25, 0.3) is 0 Å². The molecule has 2 heteroatoms. The molecule has 0 bridgehead atoms. The van der Waals surface area contributed by atoms with Gasteiger partial charge in [0.25, 0.3) is 0 Å². The first-order valence-corrected chi connectivity index (χ1v) is 6.45. The van der Waals surface area contributed by atoms with Crippen molar-refractivity contribution in [3.8, 4) is 0 Å². The van der Waals surface area contributed by atoms with Crippen LogP contribution in [0, 0.1) is 6.92 Å². The van der Waals surface area contributed by atoms with Crippen LogP contribution in [-0.2, 0) is 6.54 Å². The van der Waals surface area contributed by atoms with Crippen molar-refractivity contribution in [3.63, 3.8) is 0 Å². The molecule has 0 N–H and O–H groups in total. The fourth-order valence-corrected chi connectivity index (χ4v) is 2.67. The van der Waals surface area contributed by atoms with Crippen molar-refractivity contribution in [2.75, 3.05) is 6.54 Å². The molecule has 0 aromatic heterocycles. The molecule has 1 atom stereocenters. The molecule has 0 radical (unpaired) electrons. The van der Waals surface area contributed by atoms with Crippen LogP contribution < -0.4 is 0 Å². The van der Waals surface area contributed by atoms with Crippen LogP contribution in [0.3, 0.4) is 0 Å². The van der Waals surface area contributed by atoms with Crippen molar-refractivity contribution in [2.45, 2.75) is 39.3 Å². The highest BCUT2D eigenvalue weighted by atomic mass is 79.9. The summed E-state index contributed by atoms with van der Waals surface area (Å²) < 4.78 is 1.19. The Hall–Kier alpha value is -0.340. The number of benzene rings is 1. The molecule has 0 amide bonds. The monoisotopic (exact) mass is 267 g/mol. The molecule has 0 saturated carbocycles. The molecule has 1 aromatic rings. The second-order valence-electron chi connectivity index (χ2n) is 4.53. The molecule has 1 saturated heterocycles. The van der Waals surface area contributed by atoms with Gasteiger partial charge in [0.1, 0.15) is 0 Å². The van der Waals surface area contributed by atoms with Gasteiger partial charge in [0.05, 0.1) is 0 Å². The van der Waals surface area contributed by atoms with E-state index in [9.17, 15) is 0 Å². The zero-order valence-electron chi connectivity index (χ0n) is 9.46. The molecule has 2 rings (SSSR count). The first-order chi connectivity index (χ1) is 7.16. The van der Waals surface area contributed by atoms with Crippen molar-refractivity contribution in [1.29, 1.82) is 0 Å². The lowest BCUT2D eigenvalue weighted by Gasteiger charge is -2.22. The molecule has 82 valence electrons. The lowest BCUT2D eigenvalue weighted by atomic mass is 10.1. The Kier molecular flexibility index (Phi) is 3.47. The zero-order valence-corrected chi connectivity index (χ0v) is 11.0. The van der Waals surface area contributed by atoms with Crippen molar-refractivity contribution in [2.24, 2.45) is 0 Å². The van der Waals surface area contributed by atoms with Gasteiger partial charge in [-0.3, -0.25) is 4.90 Å². The van der Waals surface area contributed by atoms with Gasteiger partial charge in [-0.05, 0) is 56.5 Å². The van der Waals surface area contributed by atoms with E-state index in [1.165, 1.54) is 35.0 Å². The maximum absolute atomic E-state index is 3.54. The van der Waals surface area contributed by atoms with Crippen molar-refractivity contribution >= 4 is 15.9 Å². The van der Waals surface area contributed by atoms with Gasteiger partial charge in [-0.15, -0.1) is 0 Å². The number of rotatable bonds is 2. The summed E-state index contributed by atoms with van der Waals surface area (Å²) >= 11 is 3.54. The largest absolute Gasteiger partial charge is 0.296 e. The Labute approximate surface area is 101 Å². The molecule has 1 aliphatic rings. The van der Waals surface area contributed by atoms with Crippen molar-refractivity contribution in [1.82, 2.24) is 4.90 Å². The van der Waals surface area contributed by atoms with Gasteiger partial charge in [0.15, 0.2) is 0 Å². The summed E-state index contributed by atoms with van der Waals surface area (Å²) in [4.78, 5) is 2.58. The van der Waals surface area contributed by atoms with E-state index in [1.54, 1.807) is 0 Å². The van der Waals surface area contributed by atoms with E-state index >= 15 is 0 Å². The highest BCUT2D eigenvalue weighted by Crippen LogP contribution is 2.22. The van der Waals surface area contributed by atoms with Crippen LogP contribution in [0.5, 0.6) is 0 Å². The van der Waals surface area contributed by atoms with Gasteiger partial charge in [-0.25, -0.2) is 0 Å². The predicted molar refractivity (Wildman–Crippen MR) is 68.0 cm³/mol. The molecular weight excluding hydrogens is 250 g/mol. The lowest BCUT2D eigenvalue weighted by molar-refractivity contribution is 0.260. The van der Waals surface area contributed by atoms with Crippen LogP contribution in [-0.4, -0.2) is 17.5 Å². The van der Waals surface area contributed by atoms with Gasteiger partial charge in [-0.1, -0.05) is 22.0 Å². The minimum atomic E-state index is 0.753. The van der Waals surface area contributed by atoms with E-state index in [4.69, 9.17) is 0 Å². The molecule has 15 heavy (non-hydrogen) atoms. The quantitative estimate of drug-likeness (QED) is 0.789. The fraction of sp³-hybridized carbons (Fsp3) is 0.538. The summed E-state index contributed by atoms with van der Waals surface area (Å²) in [5, 5.41) is 0. The number of likely N-dealkylation sites (tertiary alicyclic amines) is 1. The molecule has 1 nitrogen and oxygen atoms in total. The molecule has 0 aliphatic carbocycles. The zero-order chi connectivity index (χ0) is 10.8. The number of halogens is 1. The minimum Gasteiger partial charge on any atom is -0.296 e. The van der Waals surface area contributed by atoms with Gasteiger partial charge in [-0.2, -0.15) is 0 Å². The Morgan fingerprint density at radius 3 is 2.93 bits per heavy atom. The van der Waals surface area contributed by atoms with E-state index in [0.717, 1.165) is 12.6 Å². The second kappa shape index (κ2) is 4.67. The van der Waals surface area contributed by atoms with Crippen LogP contribution in [0.4, 0.5) is 0 Å². The van der Waals surface area contributed by atoms with Gasteiger partial charge in [0.2, 0.25) is 0 Å². The predicted octanol–water partition coefficient (Wildman–Crippen LogP) is 3.74. The number of nitrogens with zero attached hydrogens (tertiary/aromatic N) is 1. The summed E-state index contributed by atoms with van der Waals surface area (Å²) in [7, 11) is 0. The van der Waals surface area contributed by atoms with Crippen LogP contribution in [0.15, 0.2) is 22.7 Å². The molecule has 0 unspecified atom stereocenters. The van der Waals surface area contributed by atoms with Gasteiger partial charge >= 0.3 is 0 Å².